The maximum atomic E-state index is 14.7. The van der Waals surface area contributed by atoms with Crippen LogP contribution in [-0.4, -0.2) is 129 Å². The van der Waals surface area contributed by atoms with Gasteiger partial charge in [0.15, 0.2) is 5.96 Å². The summed E-state index contributed by atoms with van der Waals surface area (Å²) < 4.78 is 0. The van der Waals surface area contributed by atoms with Gasteiger partial charge < -0.3 is 58.4 Å². The van der Waals surface area contributed by atoms with Gasteiger partial charge >= 0.3 is 5.97 Å². The number of aromatic nitrogens is 2. The van der Waals surface area contributed by atoms with Crippen molar-refractivity contribution in [2.45, 2.75) is 149 Å². The summed E-state index contributed by atoms with van der Waals surface area (Å²) in [5, 5.41) is 28.1. The molecule has 3 heterocycles. The lowest BCUT2D eigenvalue weighted by Crippen LogP contribution is -2.61. The first-order valence-corrected chi connectivity index (χ1v) is 24.0. The molecule has 1 aliphatic heterocycles. The lowest BCUT2D eigenvalue weighted by Gasteiger charge is -2.33. The lowest BCUT2D eigenvalue weighted by atomic mass is 9.85. The van der Waals surface area contributed by atoms with Gasteiger partial charge in [-0.25, -0.2) is 4.79 Å². The number of hydrogen-bond donors (Lipinski definition) is 10. The van der Waals surface area contributed by atoms with Crippen LogP contribution in [0.2, 0.25) is 0 Å². The minimum absolute atomic E-state index is 0.00497. The van der Waals surface area contributed by atoms with E-state index in [-0.39, 0.29) is 75.1 Å². The number of carboxylic acids is 1. The Labute approximate surface area is 404 Å². The predicted octanol–water partition coefficient (Wildman–Crippen LogP) is 2.23. The molecule has 4 rings (SSSR count). The molecular formula is C49H74N12O8. The molecule has 0 bridgehead atoms. The molecule has 378 valence electrons. The number of aromatic amines is 1. The number of benzene rings is 1. The summed E-state index contributed by atoms with van der Waals surface area (Å²) in [6.45, 7) is 14.0. The number of likely N-dealkylation sites (tertiary alicyclic amines) is 1. The Morgan fingerprint density at radius 1 is 0.841 bits per heavy atom. The van der Waals surface area contributed by atoms with Crippen molar-refractivity contribution >= 4 is 58.3 Å². The standard InChI is InChI=1S/C49H74N12O8/c1-29(2)25-38(47(68)69)59-45(66)40(49(5,6)7)60-43(64)37(26-32-28-55-34-17-9-8-16-33(32)34)58-44(65)39-20-14-24-61(39)46(67)36(19-13-23-54-48(50)51)57-42(63)35(18-10-11-22-53-30(3)4)56-41(62)31-15-12-21-52-27-31/h8-9,12,15-17,21,27-30,35-40,53,55H,10-11,13-14,18-20,22-26H2,1-7H3,(H,56,62)(H,57,63)(H,58,65)(H,59,66)(H,60,64)(H,68,69)(H4,50,51,54)/t35-,36-,37-,38-,39-,40+/m0/s1. The second-order valence-electron chi connectivity index (χ2n) is 19.5. The van der Waals surface area contributed by atoms with E-state index in [1.165, 1.54) is 17.3 Å². The van der Waals surface area contributed by atoms with Gasteiger partial charge in [0.1, 0.15) is 36.3 Å². The molecule has 2 aromatic heterocycles. The Bertz CT molecular complexity index is 2240. The third-order valence-electron chi connectivity index (χ3n) is 11.9. The second kappa shape index (κ2) is 26.3. The van der Waals surface area contributed by atoms with Crippen LogP contribution < -0.4 is 43.4 Å². The molecule has 6 amide bonds. The third-order valence-corrected chi connectivity index (χ3v) is 11.9. The summed E-state index contributed by atoms with van der Waals surface area (Å²) in [4.78, 5) is 110. The van der Waals surface area contributed by atoms with Crippen molar-refractivity contribution in [1.29, 1.82) is 0 Å². The first kappa shape index (κ1) is 55.0. The van der Waals surface area contributed by atoms with Crippen molar-refractivity contribution in [1.82, 2.24) is 46.8 Å². The summed E-state index contributed by atoms with van der Waals surface area (Å²) in [6, 6.07) is 4.05. The third kappa shape index (κ3) is 17.2. The number of aliphatic imine (C=N–C) groups is 1. The van der Waals surface area contributed by atoms with Crippen molar-refractivity contribution < 1.29 is 38.7 Å². The molecule has 1 aromatic carbocycles. The summed E-state index contributed by atoms with van der Waals surface area (Å²) in [5.41, 5.74) is 12.0. The highest BCUT2D eigenvalue weighted by molar-refractivity contribution is 5.99. The molecule has 12 N–H and O–H groups in total. The number of nitrogens with two attached hydrogens (primary N) is 2. The first-order chi connectivity index (χ1) is 32.7. The maximum Gasteiger partial charge on any atom is 0.326 e. The van der Waals surface area contributed by atoms with Crippen LogP contribution in [0.5, 0.6) is 0 Å². The van der Waals surface area contributed by atoms with E-state index >= 15 is 0 Å². The lowest BCUT2D eigenvalue weighted by molar-refractivity contribution is -0.143. The molecule has 1 fully saturated rings. The Morgan fingerprint density at radius 3 is 2.19 bits per heavy atom. The Hall–Kier alpha value is -6.57. The van der Waals surface area contributed by atoms with Gasteiger partial charge in [0, 0.05) is 55.0 Å². The number of nitrogens with one attached hydrogen (secondary N) is 7. The molecule has 69 heavy (non-hydrogen) atoms. The number of hydrogen-bond acceptors (Lipinski definition) is 10. The van der Waals surface area contributed by atoms with Crippen molar-refractivity contribution in [3.63, 3.8) is 0 Å². The van der Waals surface area contributed by atoms with Gasteiger partial charge in [-0.05, 0) is 93.0 Å². The molecule has 0 saturated carbocycles. The Kier molecular flexibility index (Phi) is 20.9. The van der Waals surface area contributed by atoms with E-state index in [0.717, 1.165) is 17.3 Å². The zero-order valence-corrected chi connectivity index (χ0v) is 41.1. The second-order valence-corrected chi connectivity index (χ2v) is 19.5. The van der Waals surface area contributed by atoms with Crippen LogP contribution in [0.1, 0.15) is 116 Å². The number of carboxylic acid groups (broad SMARTS) is 1. The number of unbranched alkanes of at least 4 members (excludes halogenated alkanes) is 1. The highest BCUT2D eigenvalue weighted by Gasteiger charge is 2.41. The van der Waals surface area contributed by atoms with Gasteiger partial charge in [-0.15, -0.1) is 0 Å². The highest BCUT2D eigenvalue weighted by atomic mass is 16.4. The number of guanidine groups is 1. The summed E-state index contributed by atoms with van der Waals surface area (Å²) in [7, 11) is 0. The average Bonchev–Trinajstić information content (AvgIpc) is 3.95. The Balaban J connectivity index is 1.61. The van der Waals surface area contributed by atoms with Crippen LogP contribution in [0.25, 0.3) is 10.9 Å². The van der Waals surface area contributed by atoms with Crippen molar-refractivity contribution in [2.24, 2.45) is 27.8 Å². The topological polar surface area (TPSA) is 308 Å². The quantitative estimate of drug-likeness (QED) is 0.0315. The fourth-order valence-corrected chi connectivity index (χ4v) is 8.27. The van der Waals surface area contributed by atoms with Crippen LogP contribution in [0.3, 0.4) is 0 Å². The van der Waals surface area contributed by atoms with E-state index < -0.39 is 83.1 Å². The van der Waals surface area contributed by atoms with E-state index in [2.05, 4.69) is 46.9 Å². The molecule has 0 aliphatic carbocycles. The molecule has 6 atom stereocenters. The number of fused-ring (bicyclic) bond motifs is 1. The van der Waals surface area contributed by atoms with Crippen LogP contribution in [0, 0.1) is 11.3 Å². The first-order valence-electron chi connectivity index (χ1n) is 24.0. The summed E-state index contributed by atoms with van der Waals surface area (Å²) in [6.07, 6.45) is 7.48. The van der Waals surface area contributed by atoms with E-state index in [0.29, 0.717) is 24.9 Å². The SMILES string of the molecule is CC(C)C[C@H](NC(=O)[C@@H](NC(=O)[C@H](Cc1c[nH]c2ccccc12)NC(=O)[C@@H]1CCCN1C(=O)[C@H](CCCN=C(N)N)NC(=O)[C@H](CCCCNC(C)C)NC(=O)c1cccnc1)C(C)(C)C)C(=O)O. The molecule has 20 heteroatoms. The number of amides is 6. The molecule has 3 aromatic rings. The number of carbonyl (C=O) groups excluding carboxylic acids is 6. The molecule has 20 nitrogen and oxygen atoms in total. The number of pyridine rings is 1. The van der Waals surface area contributed by atoms with E-state index in [9.17, 15) is 38.7 Å². The fraction of sp³-hybridized carbons (Fsp3) is 0.571. The van der Waals surface area contributed by atoms with E-state index in [4.69, 9.17) is 11.5 Å². The minimum Gasteiger partial charge on any atom is -0.480 e. The molecular weight excluding hydrogens is 885 g/mol. The van der Waals surface area contributed by atoms with Crippen LogP contribution >= 0.6 is 0 Å². The molecule has 1 saturated heterocycles. The number of para-hydroxylation sites is 1. The van der Waals surface area contributed by atoms with E-state index in [1.807, 2.05) is 52.0 Å². The Morgan fingerprint density at radius 2 is 1.54 bits per heavy atom. The fourth-order valence-electron chi connectivity index (χ4n) is 8.27. The largest absolute Gasteiger partial charge is 0.480 e. The minimum atomic E-state index is -1.26. The van der Waals surface area contributed by atoms with Crippen molar-refractivity contribution in [3.8, 4) is 0 Å². The van der Waals surface area contributed by atoms with Gasteiger partial charge in [-0.1, -0.05) is 66.7 Å². The van der Waals surface area contributed by atoms with Crippen molar-refractivity contribution in [2.75, 3.05) is 19.6 Å². The molecule has 1 aliphatic rings. The number of H-pyrrole nitrogens is 1. The van der Waals surface area contributed by atoms with Crippen LogP contribution in [0.15, 0.2) is 60.0 Å². The average molecular weight is 959 g/mol. The van der Waals surface area contributed by atoms with Gasteiger partial charge in [-0.2, -0.15) is 0 Å². The molecule has 0 unspecified atom stereocenters. The summed E-state index contributed by atoms with van der Waals surface area (Å²) in [5.74, 6) is -5.03. The smallest absolute Gasteiger partial charge is 0.326 e. The number of nitrogens with zero attached hydrogens (tertiary/aromatic N) is 3. The maximum absolute atomic E-state index is 14.7. The zero-order valence-electron chi connectivity index (χ0n) is 41.1. The van der Waals surface area contributed by atoms with Gasteiger partial charge in [0.2, 0.25) is 29.5 Å². The zero-order chi connectivity index (χ0) is 50.8. The molecule has 0 spiro atoms. The van der Waals surface area contributed by atoms with Crippen LogP contribution in [0.4, 0.5) is 0 Å². The van der Waals surface area contributed by atoms with Gasteiger partial charge in [0.25, 0.3) is 5.91 Å². The van der Waals surface area contributed by atoms with Crippen molar-refractivity contribution in [3.05, 3.63) is 66.1 Å². The predicted molar refractivity (Wildman–Crippen MR) is 263 cm³/mol. The van der Waals surface area contributed by atoms with Gasteiger partial charge in [-0.3, -0.25) is 38.7 Å². The normalized spacial score (nSPS) is 16.0. The van der Waals surface area contributed by atoms with E-state index in [1.54, 1.807) is 39.1 Å². The molecule has 0 radical (unpaired) electrons. The highest BCUT2D eigenvalue weighted by Crippen LogP contribution is 2.24. The van der Waals surface area contributed by atoms with Crippen LogP contribution in [-0.2, 0) is 35.2 Å². The number of rotatable bonds is 26. The summed E-state index contributed by atoms with van der Waals surface area (Å²) >= 11 is 0. The van der Waals surface area contributed by atoms with Gasteiger partial charge in [0.05, 0.1) is 5.56 Å². The monoisotopic (exact) mass is 959 g/mol. The number of carbonyl (C=O) groups is 7. The number of aliphatic carboxylic acids is 1.